The summed E-state index contributed by atoms with van der Waals surface area (Å²) in [5.74, 6) is 0.777. The molecule has 1 aromatic heterocycles. The van der Waals surface area contributed by atoms with Gasteiger partial charge in [-0.1, -0.05) is 25.7 Å². The first-order chi connectivity index (χ1) is 9.63. The summed E-state index contributed by atoms with van der Waals surface area (Å²) in [7, 11) is 0. The lowest BCUT2D eigenvalue weighted by molar-refractivity contribution is -0.124. The molecule has 0 saturated heterocycles. The Balaban J connectivity index is 1.70. The van der Waals surface area contributed by atoms with Crippen LogP contribution in [0, 0.1) is 17.8 Å². The molecule has 4 rings (SSSR count). The van der Waals surface area contributed by atoms with Crippen molar-refractivity contribution in [2.75, 3.05) is 5.73 Å². The third-order valence-corrected chi connectivity index (χ3v) is 4.87. The quantitative estimate of drug-likeness (QED) is 0.822. The highest BCUT2D eigenvalue weighted by Gasteiger charge is 2.46. The molecule has 3 aliphatic rings. The van der Waals surface area contributed by atoms with E-state index < -0.39 is 5.92 Å². The molecule has 3 aliphatic carbocycles. The van der Waals surface area contributed by atoms with E-state index in [-0.39, 0.29) is 23.4 Å². The van der Waals surface area contributed by atoms with E-state index >= 15 is 0 Å². The number of aromatic nitrogens is 2. The van der Waals surface area contributed by atoms with Gasteiger partial charge in [0.25, 0.3) is 0 Å². The van der Waals surface area contributed by atoms with Crippen LogP contribution in [0.2, 0.25) is 0 Å². The van der Waals surface area contributed by atoms with E-state index in [4.69, 9.17) is 5.73 Å². The summed E-state index contributed by atoms with van der Waals surface area (Å²) >= 11 is 0. The van der Waals surface area contributed by atoms with Crippen molar-refractivity contribution >= 4 is 17.5 Å². The fraction of sp³-hybridized carbons (Fsp3) is 0.667. The maximum atomic E-state index is 12.7. The van der Waals surface area contributed by atoms with Crippen LogP contribution in [0.5, 0.6) is 0 Å². The molecule has 1 heterocycles. The number of carbonyl (C=O) groups excluding carboxylic acids is 2. The number of aromatic amines is 1. The number of anilines is 1. The van der Waals surface area contributed by atoms with Gasteiger partial charge in [-0.25, -0.2) is 4.98 Å². The number of nitrogens with one attached hydrogen (secondary N) is 1. The van der Waals surface area contributed by atoms with Crippen molar-refractivity contribution in [2.45, 2.75) is 44.4 Å². The van der Waals surface area contributed by atoms with Crippen LogP contribution >= 0.6 is 0 Å². The van der Waals surface area contributed by atoms with Gasteiger partial charge in [-0.3, -0.25) is 9.59 Å². The zero-order valence-corrected chi connectivity index (χ0v) is 11.4. The molecule has 3 N–H and O–H groups in total. The van der Waals surface area contributed by atoms with Crippen molar-refractivity contribution in [1.82, 2.24) is 9.97 Å². The Hall–Kier alpha value is -1.65. The van der Waals surface area contributed by atoms with Crippen molar-refractivity contribution in [3.63, 3.8) is 0 Å². The van der Waals surface area contributed by atoms with Crippen LogP contribution in [0.1, 0.15) is 60.6 Å². The van der Waals surface area contributed by atoms with E-state index in [2.05, 4.69) is 9.97 Å². The highest BCUT2D eigenvalue weighted by molar-refractivity contribution is 6.16. The van der Waals surface area contributed by atoms with Gasteiger partial charge in [-0.15, -0.1) is 0 Å². The number of imidazole rings is 1. The molecule has 106 valence electrons. The molecule has 2 fully saturated rings. The lowest BCUT2D eigenvalue weighted by Gasteiger charge is -2.26. The fourth-order valence-corrected chi connectivity index (χ4v) is 3.36. The Kier molecular flexibility index (Phi) is 2.53. The Morgan fingerprint density at radius 3 is 2.25 bits per heavy atom. The molecule has 2 saturated carbocycles. The maximum absolute atomic E-state index is 12.7. The van der Waals surface area contributed by atoms with Gasteiger partial charge in [0.2, 0.25) is 0 Å². The number of carbonyl (C=O) groups is 2. The minimum absolute atomic E-state index is 0.102. The predicted octanol–water partition coefficient (Wildman–Crippen LogP) is 2.06. The van der Waals surface area contributed by atoms with Crippen LogP contribution in [0.4, 0.5) is 5.95 Å². The van der Waals surface area contributed by atoms with Crippen LogP contribution in [0.15, 0.2) is 0 Å². The van der Waals surface area contributed by atoms with Crippen LogP contribution < -0.4 is 5.73 Å². The Labute approximate surface area is 117 Å². The second-order valence-electron chi connectivity index (χ2n) is 6.61. The highest BCUT2D eigenvalue weighted by atomic mass is 16.2. The largest absolute Gasteiger partial charge is 0.369 e. The fourth-order valence-electron chi connectivity index (χ4n) is 3.36. The Bertz CT molecular complexity index is 584. The van der Waals surface area contributed by atoms with E-state index in [1.807, 2.05) is 0 Å². The molecule has 2 unspecified atom stereocenters. The number of nitrogens with two attached hydrogens (primary N) is 1. The number of Topliss-reactive ketones (excluding diaryl/α,β-unsaturated/α-hetero) is 2. The summed E-state index contributed by atoms with van der Waals surface area (Å²) in [6.45, 7) is 0. The van der Waals surface area contributed by atoms with E-state index in [1.165, 1.54) is 12.8 Å². The number of rotatable bonds is 4. The number of hydrogen-bond acceptors (Lipinski definition) is 4. The van der Waals surface area contributed by atoms with Gasteiger partial charge >= 0.3 is 0 Å². The summed E-state index contributed by atoms with van der Waals surface area (Å²) in [6, 6.07) is 0. The van der Waals surface area contributed by atoms with Crippen molar-refractivity contribution in [1.29, 1.82) is 0 Å². The topological polar surface area (TPSA) is 88.8 Å². The summed E-state index contributed by atoms with van der Waals surface area (Å²) in [5, 5.41) is 0. The van der Waals surface area contributed by atoms with Crippen LogP contribution in [0.3, 0.4) is 0 Å². The third-order valence-electron chi connectivity index (χ3n) is 4.87. The molecule has 0 aliphatic heterocycles. The van der Waals surface area contributed by atoms with Crippen LogP contribution in [-0.2, 0) is 4.79 Å². The van der Waals surface area contributed by atoms with Crippen LogP contribution in [0.25, 0.3) is 0 Å². The first kappa shape index (κ1) is 12.1. The number of ketones is 2. The zero-order chi connectivity index (χ0) is 13.9. The highest BCUT2D eigenvalue weighted by Crippen LogP contribution is 2.45. The van der Waals surface area contributed by atoms with Gasteiger partial charge in [-0.2, -0.15) is 0 Å². The summed E-state index contributed by atoms with van der Waals surface area (Å²) < 4.78 is 0. The first-order valence-electron chi connectivity index (χ1n) is 7.56. The second kappa shape index (κ2) is 4.17. The summed E-state index contributed by atoms with van der Waals surface area (Å²) in [4.78, 5) is 32.3. The van der Waals surface area contributed by atoms with Crippen molar-refractivity contribution in [3.8, 4) is 0 Å². The van der Waals surface area contributed by atoms with Gasteiger partial charge in [0, 0.05) is 0 Å². The van der Waals surface area contributed by atoms with Crippen molar-refractivity contribution in [2.24, 2.45) is 17.8 Å². The van der Waals surface area contributed by atoms with E-state index in [9.17, 15) is 9.59 Å². The smallest absolute Gasteiger partial charge is 0.198 e. The maximum Gasteiger partial charge on any atom is 0.198 e. The molecule has 5 heteroatoms. The molecule has 2 atom stereocenters. The lowest BCUT2D eigenvalue weighted by Crippen LogP contribution is -2.36. The molecule has 0 bridgehead atoms. The number of nitrogens with zero attached hydrogens (tertiary/aromatic N) is 1. The number of H-pyrrole nitrogens is 1. The standard InChI is InChI=1S/C15H19N3O2/c16-15-17-11-9(5-7-1-2-7)13(19)10(6-8-3-4-8)14(20)12(11)18-15/h7-10H,1-6H2,(H3,16,17,18). The molecular formula is C15H19N3O2. The molecule has 0 radical (unpaired) electrons. The second-order valence-corrected chi connectivity index (χ2v) is 6.61. The SMILES string of the molecule is Nc1nc2c([nH]1)C(CC1CC1)C(=O)C(CC1CC1)C2=O. The Morgan fingerprint density at radius 1 is 1.05 bits per heavy atom. The minimum Gasteiger partial charge on any atom is -0.369 e. The number of nitrogen functional groups attached to an aromatic ring is 1. The molecule has 0 aromatic carbocycles. The molecule has 20 heavy (non-hydrogen) atoms. The number of fused-ring (bicyclic) bond motifs is 1. The van der Waals surface area contributed by atoms with Crippen LogP contribution in [-0.4, -0.2) is 21.5 Å². The average Bonchev–Trinajstić information content (AvgIpc) is 3.31. The van der Waals surface area contributed by atoms with Gasteiger partial charge in [-0.05, 0) is 24.7 Å². The minimum atomic E-state index is -0.471. The predicted molar refractivity (Wildman–Crippen MR) is 73.3 cm³/mol. The number of hydrogen-bond donors (Lipinski definition) is 2. The van der Waals surface area contributed by atoms with Crippen molar-refractivity contribution < 1.29 is 9.59 Å². The molecule has 1 aromatic rings. The van der Waals surface area contributed by atoms with Gasteiger partial charge < -0.3 is 10.7 Å². The molecule has 0 amide bonds. The van der Waals surface area contributed by atoms with Gasteiger partial charge in [0.1, 0.15) is 5.69 Å². The molecule has 0 spiro atoms. The first-order valence-corrected chi connectivity index (χ1v) is 7.56. The third kappa shape index (κ3) is 1.96. The summed E-state index contributed by atoms with van der Waals surface area (Å²) in [5.41, 5.74) is 6.81. The van der Waals surface area contributed by atoms with E-state index in [0.717, 1.165) is 19.3 Å². The monoisotopic (exact) mass is 273 g/mol. The van der Waals surface area contributed by atoms with Gasteiger partial charge in [0.05, 0.1) is 17.5 Å². The average molecular weight is 273 g/mol. The molecule has 5 nitrogen and oxygen atoms in total. The zero-order valence-electron chi connectivity index (χ0n) is 11.4. The van der Waals surface area contributed by atoms with E-state index in [1.54, 1.807) is 0 Å². The normalized spacial score (nSPS) is 29.6. The molecular weight excluding hydrogens is 254 g/mol. The van der Waals surface area contributed by atoms with Crippen molar-refractivity contribution in [3.05, 3.63) is 11.4 Å². The lowest BCUT2D eigenvalue weighted by atomic mass is 9.75. The van der Waals surface area contributed by atoms with E-state index in [0.29, 0.717) is 29.6 Å². The Morgan fingerprint density at radius 2 is 1.65 bits per heavy atom. The summed E-state index contributed by atoms with van der Waals surface area (Å²) in [6.07, 6.45) is 6.26. The van der Waals surface area contributed by atoms with Gasteiger partial charge in [0.15, 0.2) is 17.5 Å².